The summed E-state index contributed by atoms with van der Waals surface area (Å²) in [5, 5.41) is 3.69. The molecule has 4 heterocycles. The van der Waals surface area contributed by atoms with Crippen LogP contribution in [0.1, 0.15) is 12.8 Å². The third-order valence-electron chi connectivity index (χ3n) is 7.08. The van der Waals surface area contributed by atoms with E-state index in [1.807, 2.05) is 17.0 Å². The molecule has 2 fully saturated rings. The molecular formula is C27H39FN6O2Si. The van der Waals surface area contributed by atoms with E-state index < -0.39 is 8.07 Å². The van der Waals surface area contributed by atoms with Gasteiger partial charge in [0.1, 0.15) is 23.9 Å². The van der Waals surface area contributed by atoms with Crippen LogP contribution in [-0.4, -0.2) is 74.7 Å². The third kappa shape index (κ3) is 6.60. The van der Waals surface area contributed by atoms with Gasteiger partial charge in [-0.1, -0.05) is 25.7 Å². The second-order valence-electron chi connectivity index (χ2n) is 11.3. The van der Waals surface area contributed by atoms with Crippen molar-refractivity contribution >= 4 is 36.4 Å². The molecule has 37 heavy (non-hydrogen) atoms. The van der Waals surface area contributed by atoms with Gasteiger partial charge in [-0.2, -0.15) is 0 Å². The SMILES string of the molecule is C[Si](C)(C)CCOCn1cnc2c(N3CCOCC3)cc(N[C@@H]3CCCN(c4cccc(F)c4)C3)nc21. The normalized spacial score (nSPS) is 19.0. The zero-order valence-corrected chi connectivity index (χ0v) is 23.3. The predicted octanol–water partition coefficient (Wildman–Crippen LogP) is 4.80. The predicted molar refractivity (Wildman–Crippen MR) is 150 cm³/mol. The van der Waals surface area contributed by atoms with Crippen LogP contribution in [0, 0.1) is 5.82 Å². The standard InChI is InChI=1S/C27H39FN6O2Si/c1-37(2,3)15-14-36-20-34-19-29-26-24(32-10-12-35-13-11-32)17-25(31-27(26)34)30-22-7-5-9-33(18-22)23-8-4-6-21(28)16-23/h4,6,8,16-17,19,22H,5,7,9-15,18,20H2,1-3H3,(H,30,31)/t22-/m1/s1. The number of pyridine rings is 1. The van der Waals surface area contributed by atoms with Crippen LogP contribution in [0.2, 0.25) is 25.7 Å². The number of hydrogen-bond donors (Lipinski definition) is 1. The molecule has 8 nitrogen and oxygen atoms in total. The van der Waals surface area contributed by atoms with E-state index in [0.29, 0.717) is 19.9 Å². The van der Waals surface area contributed by atoms with Crippen molar-refractivity contribution in [3.8, 4) is 0 Å². The summed E-state index contributed by atoms with van der Waals surface area (Å²) in [6.07, 6.45) is 3.92. The van der Waals surface area contributed by atoms with Gasteiger partial charge in [-0.3, -0.25) is 4.57 Å². The molecule has 0 aliphatic carbocycles. The van der Waals surface area contributed by atoms with Gasteiger partial charge in [0.05, 0.1) is 25.2 Å². The highest BCUT2D eigenvalue weighted by Crippen LogP contribution is 2.30. The minimum absolute atomic E-state index is 0.199. The molecular weight excluding hydrogens is 487 g/mol. The maximum Gasteiger partial charge on any atom is 0.166 e. The summed E-state index contributed by atoms with van der Waals surface area (Å²) >= 11 is 0. The van der Waals surface area contributed by atoms with E-state index in [4.69, 9.17) is 19.4 Å². The molecule has 200 valence electrons. The van der Waals surface area contributed by atoms with Crippen LogP contribution in [0.25, 0.3) is 11.2 Å². The molecule has 1 atom stereocenters. The summed E-state index contributed by atoms with van der Waals surface area (Å²) in [5.41, 5.74) is 3.73. The van der Waals surface area contributed by atoms with E-state index in [1.165, 1.54) is 6.07 Å². The molecule has 0 bridgehead atoms. The number of halogens is 1. The van der Waals surface area contributed by atoms with Gasteiger partial charge >= 0.3 is 0 Å². The fourth-order valence-corrected chi connectivity index (χ4v) is 5.74. The van der Waals surface area contributed by atoms with E-state index in [0.717, 1.165) is 80.0 Å². The molecule has 0 unspecified atom stereocenters. The number of piperidine rings is 1. The Balaban J connectivity index is 1.37. The summed E-state index contributed by atoms with van der Waals surface area (Å²) in [5.74, 6) is 0.638. The van der Waals surface area contributed by atoms with Crippen molar-refractivity contribution in [2.45, 2.75) is 51.3 Å². The first-order valence-corrected chi connectivity index (χ1v) is 17.1. The van der Waals surface area contributed by atoms with Gasteiger partial charge in [0, 0.05) is 58.7 Å². The van der Waals surface area contributed by atoms with Crippen molar-refractivity contribution in [1.29, 1.82) is 0 Å². The quantitative estimate of drug-likeness (QED) is 0.317. The lowest BCUT2D eigenvalue weighted by Crippen LogP contribution is -2.42. The van der Waals surface area contributed by atoms with Crippen molar-refractivity contribution in [2.75, 3.05) is 61.1 Å². The Morgan fingerprint density at radius 1 is 1.14 bits per heavy atom. The van der Waals surface area contributed by atoms with Crippen molar-refractivity contribution < 1.29 is 13.9 Å². The van der Waals surface area contributed by atoms with Crippen LogP contribution < -0.4 is 15.1 Å². The van der Waals surface area contributed by atoms with Gasteiger partial charge in [0.2, 0.25) is 0 Å². The van der Waals surface area contributed by atoms with E-state index in [9.17, 15) is 4.39 Å². The zero-order chi connectivity index (χ0) is 25.8. The van der Waals surface area contributed by atoms with Crippen LogP contribution in [0.5, 0.6) is 0 Å². The molecule has 2 saturated heterocycles. The number of ether oxygens (including phenoxy) is 2. The van der Waals surface area contributed by atoms with E-state index >= 15 is 0 Å². The fraction of sp³-hybridized carbons (Fsp3) is 0.556. The number of imidazole rings is 1. The Morgan fingerprint density at radius 3 is 2.76 bits per heavy atom. The van der Waals surface area contributed by atoms with E-state index in [-0.39, 0.29) is 11.9 Å². The molecule has 2 aromatic heterocycles. The van der Waals surface area contributed by atoms with Crippen LogP contribution >= 0.6 is 0 Å². The number of nitrogens with one attached hydrogen (secondary N) is 1. The van der Waals surface area contributed by atoms with E-state index in [1.54, 1.807) is 12.1 Å². The molecule has 1 N–H and O–H groups in total. The molecule has 3 aromatic rings. The number of hydrogen-bond acceptors (Lipinski definition) is 7. The van der Waals surface area contributed by atoms with Gasteiger partial charge in [0.25, 0.3) is 0 Å². The summed E-state index contributed by atoms with van der Waals surface area (Å²) < 4.78 is 27.5. The largest absolute Gasteiger partial charge is 0.378 e. The molecule has 1 aromatic carbocycles. The van der Waals surface area contributed by atoms with Crippen LogP contribution in [0.4, 0.5) is 21.6 Å². The second kappa shape index (κ2) is 11.4. The Labute approximate surface area is 219 Å². The molecule has 2 aliphatic heterocycles. The average molecular weight is 527 g/mol. The molecule has 0 spiro atoms. The van der Waals surface area contributed by atoms with Gasteiger partial charge < -0.3 is 24.6 Å². The maximum atomic E-state index is 13.8. The average Bonchev–Trinajstić information content (AvgIpc) is 3.29. The van der Waals surface area contributed by atoms with Gasteiger partial charge in [-0.25, -0.2) is 14.4 Å². The van der Waals surface area contributed by atoms with E-state index in [2.05, 4.69) is 40.8 Å². The highest BCUT2D eigenvalue weighted by Gasteiger charge is 2.24. The van der Waals surface area contributed by atoms with Crippen LogP contribution in [0.3, 0.4) is 0 Å². The van der Waals surface area contributed by atoms with Crippen molar-refractivity contribution in [3.05, 3.63) is 42.5 Å². The fourth-order valence-electron chi connectivity index (χ4n) is 4.98. The number of benzene rings is 1. The third-order valence-corrected chi connectivity index (χ3v) is 8.78. The van der Waals surface area contributed by atoms with Crippen molar-refractivity contribution in [2.24, 2.45) is 0 Å². The number of fused-ring (bicyclic) bond motifs is 1. The number of aromatic nitrogens is 3. The second-order valence-corrected chi connectivity index (χ2v) is 16.9. The monoisotopic (exact) mass is 526 g/mol. The van der Waals surface area contributed by atoms with Gasteiger partial charge in [-0.15, -0.1) is 0 Å². The Morgan fingerprint density at radius 2 is 1.97 bits per heavy atom. The molecule has 0 amide bonds. The molecule has 0 radical (unpaired) electrons. The lowest BCUT2D eigenvalue weighted by molar-refractivity contribution is 0.0895. The number of anilines is 3. The lowest BCUT2D eigenvalue weighted by atomic mass is 10.0. The maximum absolute atomic E-state index is 13.8. The highest BCUT2D eigenvalue weighted by atomic mass is 28.3. The Hall–Kier alpha value is -2.69. The number of rotatable bonds is 9. The smallest absolute Gasteiger partial charge is 0.166 e. The molecule has 10 heteroatoms. The van der Waals surface area contributed by atoms with Crippen LogP contribution in [0.15, 0.2) is 36.7 Å². The summed E-state index contributed by atoms with van der Waals surface area (Å²) in [6.45, 7) is 13.1. The Bertz CT molecular complexity index is 1190. The van der Waals surface area contributed by atoms with Gasteiger partial charge in [0.15, 0.2) is 5.65 Å². The first kappa shape index (κ1) is 25.9. The molecule has 2 aliphatic rings. The lowest BCUT2D eigenvalue weighted by Gasteiger charge is -2.35. The van der Waals surface area contributed by atoms with Crippen molar-refractivity contribution in [1.82, 2.24) is 14.5 Å². The Kier molecular flexibility index (Phi) is 7.97. The first-order valence-electron chi connectivity index (χ1n) is 13.4. The summed E-state index contributed by atoms with van der Waals surface area (Å²) in [7, 11) is -1.15. The topological polar surface area (TPSA) is 67.7 Å². The minimum Gasteiger partial charge on any atom is -0.378 e. The molecule has 0 saturated carbocycles. The summed E-state index contributed by atoms with van der Waals surface area (Å²) in [4.78, 5) is 14.3. The molecule has 5 rings (SSSR count). The van der Waals surface area contributed by atoms with Gasteiger partial charge in [-0.05, 0) is 37.1 Å². The van der Waals surface area contributed by atoms with Crippen molar-refractivity contribution in [3.63, 3.8) is 0 Å². The summed E-state index contributed by atoms with van der Waals surface area (Å²) in [6, 6.07) is 10.3. The minimum atomic E-state index is -1.15. The highest BCUT2D eigenvalue weighted by molar-refractivity contribution is 6.76. The number of nitrogens with zero attached hydrogens (tertiary/aromatic N) is 5. The van der Waals surface area contributed by atoms with Crippen LogP contribution in [-0.2, 0) is 16.2 Å². The first-order chi connectivity index (χ1) is 17.9. The number of morpholine rings is 1. The zero-order valence-electron chi connectivity index (χ0n) is 22.3.